The molecule has 0 atom stereocenters. The monoisotopic (exact) mass is 380 g/mol. The van der Waals surface area contributed by atoms with Gasteiger partial charge in [-0.05, 0) is 55.7 Å². The van der Waals surface area contributed by atoms with E-state index < -0.39 is 0 Å². The molecule has 0 fully saturated rings. The molecule has 2 aromatic carbocycles. The van der Waals surface area contributed by atoms with Gasteiger partial charge in [-0.3, -0.25) is 9.59 Å². The van der Waals surface area contributed by atoms with Crippen LogP contribution in [-0.2, 0) is 6.42 Å². The SMILES string of the molecule is Cc1c(C(=O)Nc2ccc3c(c2)C(=O)CCC3)nnn1-c1cccc(Cl)c1. The predicted octanol–water partition coefficient (Wildman–Crippen LogP) is 4.00. The summed E-state index contributed by atoms with van der Waals surface area (Å²) in [6.45, 7) is 1.77. The highest BCUT2D eigenvalue weighted by molar-refractivity contribution is 6.30. The molecule has 1 amide bonds. The lowest BCUT2D eigenvalue weighted by atomic mass is 9.90. The van der Waals surface area contributed by atoms with Crippen molar-refractivity contribution < 1.29 is 9.59 Å². The van der Waals surface area contributed by atoms with Gasteiger partial charge in [-0.15, -0.1) is 5.10 Å². The second-order valence-corrected chi connectivity index (χ2v) is 6.95. The van der Waals surface area contributed by atoms with Crippen molar-refractivity contribution in [2.24, 2.45) is 0 Å². The van der Waals surface area contributed by atoms with Crippen molar-refractivity contribution in [3.8, 4) is 5.69 Å². The summed E-state index contributed by atoms with van der Waals surface area (Å²) in [5.74, 6) is -0.251. The second-order valence-electron chi connectivity index (χ2n) is 6.52. The summed E-state index contributed by atoms with van der Waals surface area (Å²) in [6, 6.07) is 12.6. The van der Waals surface area contributed by atoms with Gasteiger partial charge in [0.1, 0.15) is 0 Å². The number of ketones is 1. The number of rotatable bonds is 3. The van der Waals surface area contributed by atoms with Gasteiger partial charge in [-0.25, -0.2) is 4.68 Å². The van der Waals surface area contributed by atoms with E-state index in [-0.39, 0.29) is 17.4 Å². The summed E-state index contributed by atoms with van der Waals surface area (Å²) in [6.07, 6.45) is 2.32. The fourth-order valence-corrected chi connectivity index (χ4v) is 3.47. The number of aromatic nitrogens is 3. The van der Waals surface area contributed by atoms with Crippen LogP contribution < -0.4 is 5.32 Å². The first-order chi connectivity index (χ1) is 13.0. The Morgan fingerprint density at radius 2 is 2.04 bits per heavy atom. The number of carbonyl (C=O) groups excluding carboxylic acids is 2. The number of hydrogen-bond acceptors (Lipinski definition) is 4. The second kappa shape index (κ2) is 6.96. The van der Waals surface area contributed by atoms with E-state index in [9.17, 15) is 9.59 Å². The van der Waals surface area contributed by atoms with Crippen molar-refractivity contribution in [1.82, 2.24) is 15.0 Å². The molecular formula is C20H17ClN4O2. The van der Waals surface area contributed by atoms with Crippen LogP contribution in [-0.4, -0.2) is 26.7 Å². The van der Waals surface area contributed by atoms with E-state index in [4.69, 9.17) is 11.6 Å². The van der Waals surface area contributed by atoms with Gasteiger partial charge >= 0.3 is 0 Å². The molecule has 0 bridgehead atoms. The Bertz CT molecular complexity index is 1060. The van der Waals surface area contributed by atoms with Crippen molar-refractivity contribution in [3.63, 3.8) is 0 Å². The maximum Gasteiger partial charge on any atom is 0.278 e. The fraction of sp³-hybridized carbons (Fsp3) is 0.200. The first kappa shape index (κ1) is 17.4. The number of anilines is 1. The third-order valence-corrected chi connectivity index (χ3v) is 4.92. The lowest BCUT2D eigenvalue weighted by Crippen LogP contribution is -2.16. The van der Waals surface area contributed by atoms with Gasteiger partial charge in [0.15, 0.2) is 11.5 Å². The average molecular weight is 381 g/mol. The van der Waals surface area contributed by atoms with Gasteiger partial charge < -0.3 is 5.32 Å². The minimum Gasteiger partial charge on any atom is -0.321 e. The topological polar surface area (TPSA) is 76.9 Å². The van der Waals surface area contributed by atoms with E-state index in [0.717, 1.165) is 24.1 Å². The van der Waals surface area contributed by atoms with Crippen molar-refractivity contribution in [2.75, 3.05) is 5.32 Å². The van der Waals surface area contributed by atoms with Gasteiger partial charge in [0.2, 0.25) is 0 Å². The molecule has 1 aliphatic carbocycles. The molecule has 6 nitrogen and oxygen atoms in total. The van der Waals surface area contributed by atoms with Crippen LogP contribution in [0.1, 0.15) is 44.9 Å². The van der Waals surface area contributed by atoms with Crippen molar-refractivity contribution in [2.45, 2.75) is 26.2 Å². The first-order valence-corrected chi connectivity index (χ1v) is 9.06. The molecule has 1 aliphatic rings. The third kappa shape index (κ3) is 3.36. The largest absolute Gasteiger partial charge is 0.321 e. The number of hydrogen-bond donors (Lipinski definition) is 1. The van der Waals surface area contributed by atoms with Crippen LogP contribution in [0.3, 0.4) is 0 Å². The number of nitrogens with one attached hydrogen (secondary N) is 1. The number of aryl methyl sites for hydroxylation is 1. The summed E-state index contributed by atoms with van der Waals surface area (Å²) in [5, 5.41) is 11.5. The van der Waals surface area contributed by atoms with Crippen LogP contribution in [0, 0.1) is 6.92 Å². The summed E-state index contributed by atoms with van der Waals surface area (Å²) >= 11 is 6.03. The number of nitrogens with zero attached hydrogens (tertiary/aromatic N) is 3. The average Bonchev–Trinajstić information content (AvgIpc) is 3.04. The molecule has 3 aromatic rings. The molecule has 0 saturated carbocycles. The number of halogens is 1. The molecule has 136 valence electrons. The molecule has 1 heterocycles. The van der Waals surface area contributed by atoms with Crippen LogP contribution >= 0.6 is 11.6 Å². The molecule has 1 aromatic heterocycles. The number of benzene rings is 2. The van der Waals surface area contributed by atoms with Gasteiger partial charge in [0, 0.05) is 22.7 Å². The lowest BCUT2D eigenvalue weighted by molar-refractivity contribution is 0.0970. The van der Waals surface area contributed by atoms with E-state index in [2.05, 4.69) is 15.6 Å². The molecule has 0 aliphatic heterocycles. The zero-order chi connectivity index (χ0) is 19.0. The summed E-state index contributed by atoms with van der Waals surface area (Å²) in [5.41, 5.74) is 3.85. The predicted molar refractivity (Wildman–Crippen MR) is 103 cm³/mol. The number of Topliss-reactive ketones (excluding diaryl/α,β-unsaturated/α-hetero) is 1. The molecule has 0 unspecified atom stereocenters. The summed E-state index contributed by atoms with van der Waals surface area (Å²) in [7, 11) is 0. The van der Waals surface area contributed by atoms with Crippen LogP contribution in [0.4, 0.5) is 5.69 Å². The highest BCUT2D eigenvalue weighted by Crippen LogP contribution is 2.25. The Labute approximate surface area is 161 Å². The van der Waals surface area contributed by atoms with E-state index >= 15 is 0 Å². The quantitative estimate of drug-likeness (QED) is 0.745. The highest BCUT2D eigenvalue weighted by atomic mass is 35.5. The van der Waals surface area contributed by atoms with Crippen molar-refractivity contribution in [1.29, 1.82) is 0 Å². The van der Waals surface area contributed by atoms with E-state index in [1.165, 1.54) is 0 Å². The van der Waals surface area contributed by atoms with Gasteiger partial charge in [0.05, 0.1) is 11.4 Å². The number of amides is 1. The lowest BCUT2D eigenvalue weighted by Gasteiger charge is -2.15. The van der Waals surface area contributed by atoms with Gasteiger partial charge in [-0.2, -0.15) is 0 Å². The highest BCUT2D eigenvalue weighted by Gasteiger charge is 2.20. The van der Waals surface area contributed by atoms with E-state index in [0.29, 0.717) is 28.4 Å². The molecule has 1 N–H and O–H groups in total. The van der Waals surface area contributed by atoms with Crippen LogP contribution in [0.5, 0.6) is 0 Å². The molecule has 0 radical (unpaired) electrons. The van der Waals surface area contributed by atoms with Crippen molar-refractivity contribution >= 4 is 29.0 Å². The Kier molecular flexibility index (Phi) is 4.49. The Morgan fingerprint density at radius 1 is 1.19 bits per heavy atom. The first-order valence-electron chi connectivity index (χ1n) is 8.68. The fourth-order valence-electron chi connectivity index (χ4n) is 3.29. The summed E-state index contributed by atoms with van der Waals surface area (Å²) < 4.78 is 1.57. The molecule has 27 heavy (non-hydrogen) atoms. The Balaban J connectivity index is 1.59. The Hall–Kier alpha value is -2.99. The molecular weight excluding hydrogens is 364 g/mol. The third-order valence-electron chi connectivity index (χ3n) is 4.68. The Morgan fingerprint density at radius 3 is 2.85 bits per heavy atom. The van der Waals surface area contributed by atoms with Crippen LogP contribution in [0.15, 0.2) is 42.5 Å². The molecule has 0 saturated heterocycles. The maximum absolute atomic E-state index is 12.7. The smallest absolute Gasteiger partial charge is 0.278 e. The normalized spacial score (nSPS) is 13.3. The zero-order valence-corrected chi connectivity index (χ0v) is 15.5. The van der Waals surface area contributed by atoms with Gasteiger partial charge in [-0.1, -0.05) is 28.9 Å². The zero-order valence-electron chi connectivity index (χ0n) is 14.7. The van der Waals surface area contributed by atoms with Gasteiger partial charge in [0.25, 0.3) is 5.91 Å². The number of carbonyl (C=O) groups is 2. The summed E-state index contributed by atoms with van der Waals surface area (Å²) in [4.78, 5) is 24.7. The minimum absolute atomic E-state index is 0.121. The molecule has 4 rings (SSSR count). The van der Waals surface area contributed by atoms with E-state index in [1.54, 1.807) is 29.8 Å². The van der Waals surface area contributed by atoms with Crippen LogP contribution in [0.25, 0.3) is 5.69 Å². The van der Waals surface area contributed by atoms with Crippen LogP contribution in [0.2, 0.25) is 5.02 Å². The number of fused-ring (bicyclic) bond motifs is 1. The van der Waals surface area contributed by atoms with E-state index in [1.807, 2.05) is 24.3 Å². The minimum atomic E-state index is -0.371. The standard InChI is InChI=1S/C20H17ClN4O2/c1-12-19(23-24-25(12)16-6-3-5-14(21)10-16)20(27)22-15-9-8-13-4-2-7-18(26)17(13)11-15/h3,5-6,8-11H,2,4,7H2,1H3,(H,22,27). The molecule has 7 heteroatoms. The maximum atomic E-state index is 12.7. The van der Waals surface area contributed by atoms with Crippen molar-refractivity contribution in [3.05, 3.63) is 70.0 Å². The molecule has 0 spiro atoms.